The van der Waals surface area contributed by atoms with E-state index in [1.807, 2.05) is 36.4 Å². The molecule has 0 saturated carbocycles. The fourth-order valence-electron chi connectivity index (χ4n) is 2.58. The lowest BCUT2D eigenvalue weighted by Gasteiger charge is -1.98. The van der Waals surface area contributed by atoms with Crippen molar-refractivity contribution in [2.24, 2.45) is 0 Å². The van der Waals surface area contributed by atoms with Crippen molar-refractivity contribution in [2.75, 3.05) is 0 Å². The lowest BCUT2D eigenvalue weighted by atomic mass is 10.1. The van der Waals surface area contributed by atoms with E-state index in [0.717, 1.165) is 21.7 Å². The second kappa shape index (κ2) is 3.35. The van der Waals surface area contributed by atoms with Gasteiger partial charge in [0, 0.05) is 10.8 Å². The summed E-state index contributed by atoms with van der Waals surface area (Å²) in [6, 6.07) is 11.7. The zero-order chi connectivity index (χ0) is 13.0. The van der Waals surface area contributed by atoms with Crippen LogP contribution < -0.4 is 11.1 Å². The van der Waals surface area contributed by atoms with Crippen molar-refractivity contribution in [3.63, 3.8) is 0 Å². The van der Waals surface area contributed by atoms with Crippen molar-refractivity contribution in [3.05, 3.63) is 57.1 Å². The average molecular weight is 251 g/mol. The van der Waals surface area contributed by atoms with Gasteiger partial charge in [0.1, 0.15) is 5.52 Å². The SMILES string of the molecule is O=c1[nH][nH]c(=O)c2c1[nH]c1c3ccccc3ccc12. The van der Waals surface area contributed by atoms with Gasteiger partial charge in [0.15, 0.2) is 0 Å². The van der Waals surface area contributed by atoms with E-state index in [-0.39, 0.29) is 11.1 Å². The van der Waals surface area contributed by atoms with Crippen molar-refractivity contribution in [2.45, 2.75) is 0 Å². The Labute approximate surface area is 105 Å². The van der Waals surface area contributed by atoms with Gasteiger partial charge in [-0.05, 0) is 5.39 Å². The van der Waals surface area contributed by atoms with E-state index in [9.17, 15) is 9.59 Å². The smallest absolute Gasteiger partial charge is 0.286 e. The fourth-order valence-corrected chi connectivity index (χ4v) is 2.58. The first-order chi connectivity index (χ1) is 9.25. The number of H-pyrrole nitrogens is 3. The summed E-state index contributed by atoms with van der Waals surface area (Å²) in [5, 5.41) is 7.91. The minimum Gasteiger partial charge on any atom is -0.349 e. The van der Waals surface area contributed by atoms with Crippen molar-refractivity contribution in [1.82, 2.24) is 15.2 Å². The highest BCUT2D eigenvalue weighted by atomic mass is 16.1. The molecule has 0 bridgehead atoms. The highest BCUT2D eigenvalue weighted by molar-refractivity contribution is 6.16. The standard InChI is InChI=1S/C14H9N3O2/c18-13-10-9-6-5-7-3-1-2-4-8(7)11(9)15-12(10)14(19)17-16-13/h1-6,15H,(H,16,18)(H,17,19). The lowest BCUT2D eigenvalue weighted by molar-refractivity contribution is 0.974. The largest absolute Gasteiger partial charge is 0.349 e. The first kappa shape index (κ1) is 10.1. The Morgan fingerprint density at radius 1 is 0.737 bits per heavy atom. The number of nitrogens with one attached hydrogen (secondary N) is 3. The van der Waals surface area contributed by atoms with E-state index in [4.69, 9.17) is 0 Å². The van der Waals surface area contributed by atoms with E-state index >= 15 is 0 Å². The van der Waals surface area contributed by atoms with Crippen LogP contribution in [-0.4, -0.2) is 15.2 Å². The zero-order valence-corrected chi connectivity index (χ0v) is 9.78. The van der Waals surface area contributed by atoms with Crippen LogP contribution in [0.2, 0.25) is 0 Å². The number of hydrogen-bond acceptors (Lipinski definition) is 2. The number of aromatic amines is 3. The van der Waals surface area contributed by atoms with Crippen LogP contribution in [0.3, 0.4) is 0 Å². The Morgan fingerprint density at radius 2 is 1.53 bits per heavy atom. The Bertz CT molecular complexity index is 1050. The van der Waals surface area contributed by atoms with Crippen LogP contribution in [-0.2, 0) is 0 Å². The first-order valence-electron chi connectivity index (χ1n) is 5.90. The highest BCUT2D eigenvalue weighted by Gasteiger charge is 2.12. The third-order valence-electron chi connectivity index (χ3n) is 3.44. The van der Waals surface area contributed by atoms with Gasteiger partial charge in [-0.15, -0.1) is 0 Å². The monoisotopic (exact) mass is 251 g/mol. The Kier molecular flexibility index (Phi) is 1.79. The van der Waals surface area contributed by atoms with Gasteiger partial charge >= 0.3 is 0 Å². The highest BCUT2D eigenvalue weighted by Crippen LogP contribution is 2.27. The lowest BCUT2D eigenvalue weighted by Crippen LogP contribution is -2.18. The van der Waals surface area contributed by atoms with Gasteiger partial charge < -0.3 is 4.98 Å². The molecule has 5 nitrogen and oxygen atoms in total. The summed E-state index contributed by atoms with van der Waals surface area (Å²) < 4.78 is 0. The summed E-state index contributed by atoms with van der Waals surface area (Å²) in [4.78, 5) is 26.7. The van der Waals surface area contributed by atoms with Crippen molar-refractivity contribution in [1.29, 1.82) is 0 Å². The molecule has 0 fully saturated rings. The zero-order valence-electron chi connectivity index (χ0n) is 9.78. The third kappa shape index (κ3) is 1.24. The normalized spacial score (nSPS) is 11.6. The van der Waals surface area contributed by atoms with Gasteiger partial charge in [-0.1, -0.05) is 36.4 Å². The van der Waals surface area contributed by atoms with Crippen molar-refractivity contribution in [3.8, 4) is 0 Å². The second-order valence-corrected chi connectivity index (χ2v) is 4.49. The molecule has 3 N–H and O–H groups in total. The Morgan fingerprint density at radius 3 is 2.42 bits per heavy atom. The van der Waals surface area contributed by atoms with Crippen LogP contribution in [0.15, 0.2) is 46.0 Å². The van der Waals surface area contributed by atoms with Gasteiger partial charge in [-0.25, -0.2) is 0 Å². The van der Waals surface area contributed by atoms with Crippen molar-refractivity contribution < 1.29 is 0 Å². The molecule has 19 heavy (non-hydrogen) atoms. The molecule has 5 heteroatoms. The Balaban J connectivity index is 2.42. The van der Waals surface area contributed by atoms with E-state index in [2.05, 4.69) is 15.2 Å². The minimum atomic E-state index is -0.324. The fraction of sp³-hybridized carbons (Fsp3) is 0. The number of benzene rings is 2. The molecule has 92 valence electrons. The van der Waals surface area contributed by atoms with Gasteiger partial charge in [-0.2, -0.15) is 0 Å². The van der Waals surface area contributed by atoms with Crippen LogP contribution in [0.5, 0.6) is 0 Å². The molecule has 0 radical (unpaired) electrons. The van der Waals surface area contributed by atoms with Crippen LogP contribution in [0.1, 0.15) is 0 Å². The number of aromatic nitrogens is 3. The topological polar surface area (TPSA) is 81.5 Å². The molecule has 0 saturated heterocycles. The van der Waals surface area contributed by atoms with Crippen LogP contribution in [0, 0.1) is 0 Å². The van der Waals surface area contributed by atoms with Gasteiger partial charge in [-0.3, -0.25) is 19.8 Å². The third-order valence-corrected chi connectivity index (χ3v) is 3.44. The molecule has 0 spiro atoms. The molecule has 2 heterocycles. The Hall–Kier alpha value is -2.82. The van der Waals surface area contributed by atoms with E-state index < -0.39 is 0 Å². The first-order valence-corrected chi connectivity index (χ1v) is 5.90. The predicted octanol–water partition coefficient (Wildman–Crippen LogP) is 1.85. The summed E-state index contributed by atoms with van der Waals surface area (Å²) in [6.07, 6.45) is 0. The van der Waals surface area contributed by atoms with E-state index in [0.29, 0.717) is 10.9 Å². The van der Waals surface area contributed by atoms with Crippen LogP contribution in [0.25, 0.3) is 32.6 Å². The summed E-state index contributed by atoms with van der Waals surface area (Å²) in [6.45, 7) is 0. The molecule has 0 atom stereocenters. The predicted molar refractivity (Wildman–Crippen MR) is 74.6 cm³/mol. The molecule has 4 rings (SSSR count). The second-order valence-electron chi connectivity index (χ2n) is 4.49. The molecular formula is C14H9N3O2. The average Bonchev–Trinajstić information content (AvgIpc) is 2.84. The van der Waals surface area contributed by atoms with Crippen molar-refractivity contribution >= 4 is 32.6 Å². The number of fused-ring (bicyclic) bond motifs is 5. The maximum atomic E-state index is 11.9. The van der Waals surface area contributed by atoms with Gasteiger partial charge in [0.05, 0.1) is 10.9 Å². The molecule has 0 unspecified atom stereocenters. The molecule has 0 amide bonds. The summed E-state index contributed by atoms with van der Waals surface area (Å²) in [7, 11) is 0. The molecule has 2 aromatic carbocycles. The molecule has 4 aromatic rings. The van der Waals surface area contributed by atoms with Crippen LogP contribution >= 0.6 is 0 Å². The number of hydrogen-bond donors (Lipinski definition) is 3. The summed E-state index contributed by atoms with van der Waals surface area (Å²) >= 11 is 0. The molecule has 0 aliphatic carbocycles. The minimum absolute atomic E-state index is 0.295. The van der Waals surface area contributed by atoms with E-state index in [1.165, 1.54) is 0 Å². The molecule has 0 aliphatic rings. The van der Waals surface area contributed by atoms with Gasteiger partial charge in [0.2, 0.25) is 0 Å². The quantitative estimate of drug-likeness (QED) is 0.446. The molecular weight excluding hydrogens is 242 g/mol. The molecule has 0 aliphatic heterocycles. The van der Waals surface area contributed by atoms with Crippen LogP contribution in [0.4, 0.5) is 0 Å². The van der Waals surface area contributed by atoms with E-state index in [1.54, 1.807) is 0 Å². The van der Waals surface area contributed by atoms with Gasteiger partial charge in [0.25, 0.3) is 11.1 Å². The number of rotatable bonds is 0. The summed E-state index contributed by atoms with van der Waals surface area (Å²) in [5.74, 6) is 0. The maximum Gasteiger partial charge on any atom is 0.286 e. The molecule has 2 aromatic heterocycles. The maximum absolute atomic E-state index is 11.9. The summed E-state index contributed by atoms with van der Waals surface area (Å²) in [5.41, 5.74) is 0.511.